The van der Waals surface area contributed by atoms with Crippen LogP contribution in [0.1, 0.15) is 11.3 Å². The second-order valence-electron chi connectivity index (χ2n) is 8.01. The zero-order valence-corrected chi connectivity index (χ0v) is 19.9. The Morgan fingerprint density at radius 1 is 1.08 bits per heavy atom. The zero-order chi connectivity index (χ0) is 26.5. The summed E-state index contributed by atoms with van der Waals surface area (Å²) in [5, 5.41) is 29.3. The predicted octanol–water partition coefficient (Wildman–Crippen LogP) is 5.17. The maximum atomic E-state index is 14.8. The first-order valence-corrected chi connectivity index (χ1v) is 11.3. The van der Waals surface area contributed by atoms with Gasteiger partial charge in [-0.2, -0.15) is 18.3 Å². The molecule has 3 heterocycles. The summed E-state index contributed by atoms with van der Waals surface area (Å²) >= 11 is 12.1. The van der Waals surface area contributed by atoms with Crippen LogP contribution < -0.4 is 0 Å². The Kier molecular flexibility index (Phi) is 6.51. The third-order valence-electron chi connectivity index (χ3n) is 5.49. The molecule has 37 heavy (non-hydrogen) atoms. The highest BCUT2D eigenvalue weighted by atomic mass is 35.5. The lowest BCUT2D eigenvalue weighted by Gasteiger charge is -2.32. The summed E-state index contributed by atoms with van der Waals surface area (Å²) in [5.41, 5.74) is -3.93. The van der Waals surface area contributed by atoms with E-state index >= 15 is 0 Å². The van der Waals surface area contributed by atoms with Crippen molar-refractivity contribution in [2.75, 3.05) is 13.2 Å². The lowest BCUT2D eigenvalue weighted by Crippen LogP contribution is -2.44. The van der Waals surface area contributed by atoms with Crippen LogP contribution in [-0.2, 0) is 21.6 Å². The zero-order valence-electron chi connectivity index (χ0n) is 18.3. The van der Waals surface area contributed by atoms with Gasteiger partial charge in [-0.1, -0.05) is 40.5 Å². The number of hydrogen-bond acceptors (Lipinski definition) is 7. The summed E-state index contributed by atoms with van der Waals surface area (Å²) < 4.78 is 73.8. The van der Waals surface area contributed by atoms with Crippen LogP contribution in [-0.4, -0.2) is 44.5 Å². The van der Waals surface area contributed by atoms with Crippen LogP contribution in [0.3, 0.4) is 0 Å². The summed E-state index contributed by atoms with van der Waals surface area (Å²) in [7, 11) is 0. The van der Waals surface area contributed by atoms with Crippen LogP contribution in [0.2, 0.25) is 10.0 Å². The minimum absolute atomic E-state index is 0.0141. The SMILES string of the molecule is OC(O)(OC1COC1)c1c(-c2c(F)cccc2Cl)noc1-c1cnn(-c2cccc(Cl)c2)c1C(F)(F)F. The molecule has 2 N–H and O–H groups in total. The van der Waals surface area contributed by atoms with Crippen LogP contribution in [0.15, 0.2) is 53.2 Å². The van der Waals surface area contributed by atoms with Crippen molar-refractivity contribution in [3.05, 3.63) is 75.8 Å². The molecule has 0 saturated carbocycles. The van der Waals surface area contributed by atoms with Gasteiger partial charge in [0, 0.05) is 5.02 Å². The molecule has 0 bridgehead atoms. The van der Waals surface area contributed by atoms with Gasteiger partial charge < -0.3 is 24.2 Å². The summed E-state index contributed by atoms with van der Waals surface area (Å²) in [4.78, 5) is 0. The number of benzene rings is 2. The maximum Gasteiger partial charge on any atom is 0.434 e. The molecule has 14 heteroatoms. The van der Waals surface area contributed by atoms with Crippen molar-refractivity contribution in [1.29, 1.82) is 0 Å². The Morgan fingerprint density at radius 2 is 1.81 bits per heavy atom. The first kappa shape index (κ1) is 25.6. The van der Waals surface area contributed by atoms with E-state index in [1.807, 2.05) is 0 Å². The van der Waals surface area contributed by atoms with E-state index in [1.165, 1.54) is 36.4 Å². The Balaban J connectivity index is 1.77. The molecule has 194 valence electrons. The summed E-state index contributed by atoms with van der Waals surface area (Å²) in [6.07, 6.45) is -5.05. The van der Waals surface area contributed by atoms with E-state index in [1.54, 1.807) is 0 Å². The summed E-state index contributed by atoms with van der Waals surface area (Å²) in [5.74, 6) is -5.01. The molecule has 5 rings (SSSR count). The van der Waals surface area contributed by atoms with E-state index in [-0.39, 0.29) is 28.9 Å². The molecule has 0 aliphatic carbocycles. The number of aliphatic hydroxyl groups is 2. The molecule has 8 nitrogen and oxygen atoms in total. The van der Waals surface area contributed by atoms with Crippen molar-refractivity contribution in [2.24, 2.45) is 0 Å². The fraction of sp³-hybridized carbons (Fsp3) is 0.217. The quantitative estimate of drug-likeness (QED) is 0.248. The van der Waals surface area contributed by atoms with E-state index in [0.717, 1.165) is 12.3 Å². The van der Waals surface area contributed by atoms with Crippen molar-refractivity contribution in [3.8, 4) is 28.3 Å². The second-order valence-corrected chi connectivity index (χ2v) is 8.86. The third-order valence-corrected chi connectivity index (χ3v) is 6.04. The Hall–Kier alpha value is -3.00. The van der Waals surface area contributed by atoms with Crippen LogP contribution >= 0.6 is 23.2 Å². The van der Waals surface area contributed by atoms with Crippen molar-refractivity contribution >= 4 is 23.2 Å². The van der Waals surface area contributed by atoms with E-state index in [2.05, 4.69) is 10.3 Å². The Labute approximate surface area is 215 Å². The summed E-state index contributed by atoms with van der Waals surface area (Å²) in [6, 6.07) is 9.06. The van der Waals surface area contributed by atoms with Crippen LogP contribution in [0, 0.1) is 5.82 Å². The van der Waals surface area contributed by atoms with Gasteiger partial charge in [0.1, 0.15) is 23.2 Å². The fourth-order valence-electron chi connectivity index (χ4n) is 3.84. The number of alkyl halides is 3. The van der Waals surface area contributed by atoms with Gasteiger partial charge in [-0.15, -0.1) is 0 Å². The fourth-order valence-corrected chi connectivity index (χ4v) is 4.27. The van der Waals surface area contributed by atoms with E-state index in [0.29, 0.717) is 4.68 Å². The van der Waals surface area contributed by atoms with Gasteiger partial charge in [0.15, 0.2) is 11.5 Å². The minimum Gasteiger partial charge on any atom is -0.376 e. The molecule has 0 atom stereocenters. The van der Waals surface area contributed by atoms with Crippen LogP contribution in [0.5, 0.6) is 0 Å². The molecular formula is C23H15Cl2F4N3O5. The van der Waals surface area contributed by atoms with Gasteiger partial charge >= 0.3 is 12.1 Å². The molecule has 0 unspecified atom stereocenters. The van der Waals surface area contributed by atoms with E-state index < -0.39 is 57.9 Å². The molecule has 0 amide bonds. The van der Waals surface area contributed by atoms with Gasteiger partial charge in [0.25, 0.3) is 0 Å². The number of nitrogens with zero attached hydrogens (tertiary/aromatic N) is 3. The molecule has 4 aromatic rings. The molecule has 1 aliphatic rings. The number of halogens is 6. The smallest absolute Gasteiger partial charge is 0.376 e. The van der Waals surface area contributed by atoms with Crippen molar-refractivity contribution in [2.45, 2.75) is 18.3 Å². The monoisotopic (exact) mass is 559 g/mol. The number of aromatic nitrogens is 3. The van der Waals surface area contributed by atoms with E-state index in [4.69, 9.17) is 37.2 Å². The normalized spacial score (nSPS) is 14.7. The van der Waals surface area contributed by atoms with Crippen LogP contribution in [0.25, 0.3) is 28.3 Å². The molecule has 1 fully saturated rings. The lowest BCUT2D eigenvalue weighted by atomic mass is 10.00. The van der Waals surface area contributed by atoms with Gasteiger partial charge in [0.2, 0.25) is 0 Å². The minimum atomic E-state index is -5.02. The average molecular weight is 560 g/mol. The Bertz CT molecular complexity index is 1450. The van der Waals surface area contributed by atoms with Crippen LogP contribution in [0.4, 0.5) is 17.6 Å². The number of ether oxygens (including phenoxy) is 2. The van der Waals surface area contributed by atoms with Crippen molar-refractivity contribution < 1.29 is 41.8 Å². The molecule has 2 aromatic heterocycles. The molecular weight excluding hydrogens is 545 g/mol. The van der Waals surface area contributed by atoms with Gasteiger partial charge in [-0.3, -0.25) is 0 Å². The van der Waals surface area contributed by atoms with E-state index in [9.17, 15) is 27.8 Å². The van der Waals surface area contributed by atoms with Crippen molar-refractivity contribution in [3.63, 3.8) is 0 Å². The molecule has 2 aromatic carbocycles. The maximum absolute atomic E-state index is 14.8. The highest BCUT2D eigenvalue weighted by molar-refractivity contribution is 6.33. The number of hydrogen-bond donors (Lipinski definition) is 2. The second kappa shape index (κ2) is 9.39. The van der Waals surface area contributed by atoms with Crippen molar-refractivity contribution in [1.82, 2.24) is 14.9 Å². The Morgan fingerprint density at radius 3 is 2.43 bits per heavy atom. The van der Waals surface area contributed by atoms with Gasteiger partial charge in [-0.05, 0) is 30.3 Å². The first-order valence-electron chi connectivity index (χ1n) is 10.5. The molecule has 1 saturated heterocycles. The van der Waals surface area contributed by atoms with Gasteiger partial charge in [-0.25, -0.2) is 9.07 Å². The summed E-state index contributed by atoms with van der Waals surface area (Å²) in [6.45, 7) is -0.0282. The predicted molar refractivity (Wildman–Crippen MR) is 121 cm³/mol. The average Bonchev–Trinajstić information content (AvgIpc) is 3.41. The third kappa shape index (κ3) is 4.72. The topological polar surface area (TPSA) is 103 Å². The largest absolute Gasteiger partial charge is 0.434 e. The number of rotatable bonds is 6. The highest BCUT2D eigenvalue weighted by Crippen LogP contribution is 2.46. The lowest BCUT2D eigenvalue weighted by molar-refractivity contribution is -0.386. The first-order chi connectivity index (χ1) is 17.5. The molecule has 0 radical (unpaired) electrons. The molecule has 0 spiro atoms. The van der Waals surface area contributed by atoms with Gasteiger partial charge in [0.05, 0.1) is 41.2 Å². The standard InChI is InChI=1S/C23H15Cl2F4N3O5/c24-11-3-1-4-12(7-11)32-21(22(27,28)29)14(8-30-32)20-18(23(33,34)36-13-9-35-10-13)19(31-37-20)17-15(25)5-2-6-16(17)26/h1-8,13,33-34H,9-10H2. The molecule has 1 aliphatic heterocycles. The highest BCUT2D eigenvalue weighted by Gasteiger charge is 2.46.